The summed E-state index contributed by atoms with van der Waals surface area (Å²) in [6.45, 7) is -0.520. The lowest BCUT2D eigenvalue weighted by molar-refractivity contribution is -0.355. The highest BCUT2D eigenvalue weighted by atomic mass is 16.8. The smallest absolute Gasteiger partial charge is 0.271 e. The molecule has 8 nitrogen and oxygen atoms in total. The number of hydrogen-bond acceptors (Lipinski definition) is 8. The molecule has 0 aliphatic carbocycles. The fourth-order valence-corrected chi connectivity index (χ4v) is 2.80. The van der Waals surface area contributed by atoms with Gasteiger partial charge in [0.05, 0.1) is 25.8 Å². The molecule has 1 aromatic carbocycles. The van der Waals surface area contributed by atoms with E-state index in [0.29, 0.717) is 11.5 Å². The molecule has 2 heterocycles. The fraction of sp³-hybridized carbons (Fsp3) is 0.533. The van der Waals surface area contributed by atoms with E-state index in [1.54, 1.807) is 31.4 Å². The Kier molecular flexibility index (Phi) is 4.26. The summed E-state index contributed by atoms with van der Waals surface area (Å²) in [6.07, 6.45) is -5.42. The number of rotatable bonds is 3. The van der Waals surface area contributed by atoms with E-state index in [0.717, 1.165) is 5.56 Å². The van der Waals surface area contributed by atoms with Gasteiger partial charge >= 0.3 is 0 Å². The summed E-state index contributed by atoms with van der Waals surface area (Å²) in [4.78, 5) is 5.27. The second kappa shape index (κ2) is 6.06. The number of aliphatic hydroxyl groups excluding tert-OH is 4. The summed E-state index contributed by atoms with van der Waals surface area (Å²) in [5, 5.41) is 43.2. The highest BCUT2D eigenvalue weighted by molar-refractivity contribution is 6.01. The third kappa shape index (κ3) is 2.68. The minimum Gasteiger partial charge on any atom is -0.497 e. The largest absolute Gasteiger partial charge is 0.497 e. The number of ether oxygens (including phenoxy) is 2. The van der Waals surface area contributed by atoms with Gasteiger partial charge in [-0.2, -0.15) is 0 Å². The zero-order valence-electron chi connectivity index (χ0n) is 12.5. The van der Waals surface area contributed by atoms with Crippen LogP contribution in [0.1, 0.15) is 12.0 Å². The predicted octanol–water partition coefficient (Wildman–Crippen LogP) is -1.01. The van der Waals surface area contributed by atoms with Crippen LogP contribution in [0.5, 0.6) is 5.75 Å². The molecule has 2 aliphatic rings. The van der Waals surface area contributed by atoms with Crippen LogP contribution in [0, 0.1) is 0 Å². The van der Waals surface area contributed by atoms with Crippen molar-refractivity contribution >= 4 is 5.71 Å². The molecule has 0 aromatic heterocycles. The Balaban J connectivity index is 1.80. The number of nitrogens with zero attached hydrogens (tertiary/aromatic N) is 1. The van der Waals surface area contributed by atoms with Gasteiger partial charge in [0, 0.05) is 0 Å². The summed E-state index contributed by atoms with van der Waals surface area (Å²) >= 11 is 0. The van der Waals surface area contributed by atoms with E-state index in [-0.39, 0.29) is 6.42 Å². The first-order valence-corrected chi connectivity index (χ1v) is 7.23. The molecule has 0 amide bonds. The number of benzene rings is 1. The summed E-state index contributed by atoms with van der Waals surface area (Å²) in [5.41, 5.74) is 1.27. The van der Waals surface area contributed by atoms with Gasteiger partial charge in [-0.25, -0.2) is 0 Å². The minimum atomic E-state index is -1.62. The van der Waals surface area contributed by atoms with Crippen LogP contribution < -0.4 is 4.74 Å². The molecule has 4 N–H and O–H groups in total. The first kappa shape index (κ1) is 16.2. The van der Waals surface area contributed by atoms with E-state index >= 15 is 0 Å². The van der Waals surface area contributed by atoms with Crippen molar-refractivity contribution in [1.82, 2.24) is 0 Å². The molecular formula is C15H19NO7. The van der Waals surface area contributed by atoms with E-state index in [4.69, 9.17) is 14.3 Å². The SMILES string of the molecule is COc1ccc(C2=NOC3(C2)O[C@H](CO)[C@@H](O)[C@H](O)[C@H]3O)cc1. The second-order valence-corrected chi connectivity index (χ2v) is 5.61. The van der Waals surface area contributed by atoms with Crippen molar-refractivity contribution in [3.63, 3.8) is 0 Å². The van der Waals surface area contributed by atoms with Crippen LogP contribution in [0.3, 0.4) is 0 Å². The lowest BCUT2D eigenvalue weighted by atomic mass is 9.89. The fourth-order valence-electron chi connectivity index (χ4n) is 2.80. The average Bonchev–Trinajstić information content (AvgIpc) is 3.02. The van der Waals surface area contributed by atoms with Crippen LogP contribution in [0.2, 0.25) is 0 Å². The number of methoxy groups -OCH3 is 1. The summed E-state index contributed by atoms with van der Waals surface area (Å²) in [6, 6.07) is 7.08. The maximum atomic E-state index is 10.2. The van der Waals surface area contributed by atoms with Crippen LogP contribution in [0.25, 0.3) is 0 Å². The molecule has 5 atom stereocenters. The quantitative estimate of drug-likeness (QED) is 0.562. The Morgan fingerprint density at radius 3 is 2.52 bits per heavy atom. The van der Waals surface area contributed by atoms with Crippen LogP contribution in [-0.2, 0) is 9.57 Å². The van der Waals surface area contributed by atoms with Gasteiger partial charge in [0.25, 0.3) is 5.79 Å². The van der Waals surface area contributed by atoms with Gasteiger partial charge in [0.15, 0.2) is 6.10 Å². The summed E-state index contributed by atoms with van der Waals surface area (Å²) in [7, 11) is 1.56. The lowest BCUT2D eigenvalue weighted by Gasteiger charge is -2.44. The van der Waals surface area contributed by atoms with Gasteiger partial charge in [-0.05, 0) is 29.8 Å². The molecule has 8 heteroatoms. The Morgan fingerprint density at radius 1 is 1.22 bits per heavy atom. The van der Waals surface area contributed by atoms with Gasteiger partial charge in [-0.15, -0.1) is 0 Å². The minimum absolute atomic E-state index is 0.0702. The van der Waals surface area contributed by atoms with E-state index in [1.165, 1.54) is 0 Å². The Hall–Kier alpha value is -1.71. The van der Waals surface area contributed by atoms with Crippen LogP contribution in [-0.4, -0.2) is 70.1 Å². The standard InChI is InChI=1S/C15H19NO7/c1-21-9-4-2-8(3-5-9)10-6-15(23-16-10)14(20)13(19)12(18)11(7-17)22-15/h2-5,11-14,17-20H,6-7H2,1H3/t11-,12-,13+,14-,15?/m1/s1. The zero-order valence-corrected chi connectivity index (χ0v) is 12.5. The van der Waals surface area contributed by atoms with Gasteiger partial charge in [0.2, 0.25) is 0 Å². The first-order valence-electron chi connectivity index (χ1n) is 7.23. The van der Waals surface area contributed by atoms with Gasteiger partial charge < -0.3 is 34.7 Å². The van der Waals surface area contributed by atoms with Crippen molar-refractivity contribution in [2.45, 2.75) is 36.6 Å². The van der Waals surface area contributed by atoms with Crippen LogP contribution in [0.4, 0.5) is 0 Å². The molecule has 1 fully saturated rings. The van der Waals surface area contributed by atoms with Crippen LogP contribution in [0.15, 0.2) is 29.4 Å². The molecule has 0 bridgehead atoms. The maximum Gasteiger partial charge on any atom is 0.271 e. The van der Waals surface area contributed by atoms with Crippen molar-refractivity contribution in [2.75, 3.05) is 13.7 Å². The Bertz CT molecular complexity index is 588. The molecule has 1 spiro atoms. The Morgan fingerprint density at radius 2 is 1.91 bits per heavy atom. The molecule has 1 unspecified atom stereocenters. The third-order valence-corrected chi connectivity index (χ3v) is 4.18. The van der Waals surface area contributed by atoms with E-state index in [1.807, 2.05) is 0 Å². The van der Waals surface area contributed by atoms with E-state index < -0.39 is 36.8 Å². The van der Waals surface area contributed by atoms with Gasteiger partial charge in [-0.1, -0.05) is 5.16 Å². The van der Waals surface area contributed by atoms with Crippen molar-refractivity contribution in [3.8, 4) is 5.75 Å². The van der Waals surface area contributed by atoms with Crippen molar-refractivity contribution in [1.29, 1.82) is 0 Å². The summed E-state index contributed by atoms with van der Waals surface area (Å²) in [5.74, 6) is -0.933. The molecule has 0 radical (unpaired) electrons. The summed E-state index contributed by atoms with van der Waals surface area (Å²) < 4.78 is 10.6. The van der Waals surface area contributed by atoms with Crippen molar-refractivity contribution in [2.24, 2.45) is 5.16 Å². The third-order valence-electron chi connectivity index (χ3n) is 4.18. The monoisotopic (exact) mass is 325 g/mol. The predicted molar refractivity (Wildman–Crippen MR) is 77.9 cm³/mol. The Labute approximate surface area is 132 Å². The maximum absolute atomic E-state index is 10.2. The molecule has 126 valence electrons. The van der Waals surface area contributed by atoms with Gasteiger partial charge in [-0.3, -0.25) is 0 Å². The highest BCUT2D eigenvalue weighted by Gasteiger charge is 2.58. The molecule has 3 rings (SSSR count). The van der Waals surface area contributed by atoms with Crippen molar-refractivity contribution in [3.05, 3.63) is 29.8 Å². The molecule has 0 saturated carbocycles. The zero-order chi connectivity index (χ0) is 16.6. The topological polar surface area (TPSA) is 121 Å². The van der Waals surface area contributed by atoms with Gasteiger partial charge in [0.1, 0.15) is 24.1 Å². The molecule has 1 aromatic rings. The average molecular weight is 325 g/mol. The normalized spacial score (nSPS) is 36.7. The molecule has 1 saturated heterocycles. The molecule has 2 aliphatic heterocycles. The number of hydrogen-bond donors (Lipinski definition) is 4. The molecule has 23 heavy (non-hydrogen) atoms. The number of aliphatic hydroxyl groups is 4. The second-order valence-electron chi connectivity index (χ2n) is 5.61. The first-order chi connectivity index (χ1) is 11.0. The molecular weight excluding hydrogens is 306 g/mol. The van der Waals surface area contributed by atoms with E-state index in [9.17, 15) is 20.4 Å². The van der Waals surface area contributed by atoms with Crippen LogP contribution >= 0.6 is 0 Å². The number of oxime groups is 1. The lowest BCUT2D eigenvalue weighted by Crippen LogP contribution is -2.65. The van der Waals surface area contributed by atoms with E-state index in [2.05, 4.69) is 5.16 Å². The highest BCUT2D eigenvalue weighted by Crippen LogP contribution is 2.38. The van der Waals surface area contributed by atoms with Crippen molar-refractivity contribution < 1.29 is 34.7 Å².